The molecule has 9 heavy (non-hydrogen) atoms. The van der Waals surface area contributed by atoms with Crippen LogP contribution in [0.2, 0.25) is 0 Å². The highest BCUT2D eigenvalue weighted by Crippen LogP contribution is 2.69. The van der Waals surface area contributed by atoms with Crippen LogP contribution < -0.4 is 0 Å². The molecule has 0 aromatic rings. The minimum absolute atomic E-state index is 0.144. The highest BCUT2D eigenvalue weighted by atomic mass is 35.5. The van der Waals surface area contributed by atoms with Crippen LogP contribution in [0.5, 0.6) is 0 Å². The van der Waals surface area contributed by atoms with Crippen LogP contribution >= 0.6 is 23.2 Å². The molecule has 0 radical (unpaired) electrons. The summed E-state index contributed by atoms with van der Waals surface area (Å²) in [7, 11) is 0. The second-order valence-electron chi connectivity index (χ2n) is 3.31. The highest BCUT2D eigenvalue weighted by Gasteiger charge is 2.68. The molecule has 0 nitrogen and oxygen atoms in total. The zero-order chi connectivity index (χ0) is 7.28. The summed E-state index contributed by atoms with van der Waals surface area (Å²) in [4.78, 5) is 0. The molecule has 2 heteroatoms. The van der Waals surface area contributed by atoms with E-state index in [0.29, 0.717) is 5.92 Å². The average Bonchev–Trinajstić information content (AvgIpc) is 2.00. The smallest absolute Gasteiger partial charge is 0.101 e. The third-order valence-corrected chi connectivity index (χ3v) is 3.99. The third kappa shape index (κ3) is 0.798. The summed E-state index contributed by atoms with van der Waals surface area (Å²) in [5.74, 6) is 0.494. The molecule has 0 saturated heterocycles. The summed E-state index contributed by atoms with van der Waals surface area (Å²) < 4.78 is -0.443. The Kier molecular flexibility index (Phi) is 1.53. The van der Waals surface area contributed by atoms with Gasteiger partial charge in [0.1, 0.15) is 4.33 Å². The lowest BCUT2D eigenvalue weighted by Crippen LogP contribution is -1.96. The minimum Gasteiger partial charge on any atom is -0.101 e. The Bertz CT molecular complexity index is 113. The molecule has 1 aliphatic carbocycles. The van der Waals surface area contributed by atoms with E-state index < -0.39 is 4.33 Å². The molecule has 0 aliphatic heterocycles. The predicted octanol–water partition coefficient (Wildman–Crippen LogP) is 3.23. The van der Waals surface area contributed by atoms with Crippen molar-refractivity contribution >= 4 is 23.2 Å². The Balaban J connectivity index is 2.66. The van der Waals surface area contributed by atoms with Crippen LogP contribution in [0.15, 0.2) is 0 Å². The van der Waals surface area contributed by atoms with Crippen molar-refractivity contribution in [3.05, 3.63) is 0 Å². The number of hydrogen-bond donors (Lipinski definition) is 0. The SMILES string of the molecule is CCC1C(C)(C)C1(Cl)Cl. The average molecular weight is 167 g/mol. The van der Waals surface area contributed by atoms with Crippen LogP contribution in [0, 0.1) is 11.3 Å². The molecule has 1 fully saturated rings. The van der Waals surface area contributed by atoms with Crippen molar-refractivity contribution in [1.82, 2.24) is 0 Å². The van der Waals surface area contributed by atoms with E-state index in [0.717, 1.165) is 6.42 Å². The molecule has 1 unspecified atom stereocenters. The van der Waals surface area contributed by atoms with Crippen LogP contribution in [-0.2, 0) is 0 Å². The van der Waals surface area contributed by atoms with Gasteiger partial charge in [0.25, 0.3) is 0 Å². The molecule has 0 aromatic heterocycles. The first-order valence-corrected chi connectivity index (χ1v) is 4.08. The van der Waals surface area contributed by atoms with Gasteiger partial charge in [0, 0.05) is 11.3 Å². The van der Waals surface area contributed by atoms with Gasteiger partial charge < -0.3 is 0 Å². The molecule has 1 atom stereocenters. The maximum atomic E-state index is 5.96. The van der Waals surface area contributed by atoms with Gasteiger partial charge in [-0.2, -0.15) is 0 Å². The number of hydrogen-bond acceptors (Lipinski definition) is 0. The Hall–Kier alpha value is 0.580. The van der Waals surface area contributed by atoms with E-state index in [-0.39, 0.29) is 5.41 Å². The van der Waals surface area contributed by atoms with E-state index in [1.807, 2.05) is 0 Å². The van der Waals surface area contributed by atoms with Crippen LogP contribution in [0.1, 0.15) is 27.2 Å². The predicted molar refractivity (Wildman–Crippen MR) is 42.0 cm³/mol. The lowest BCUT2D eigenvalue weighted by Gasteiger charge is -1.99. The minimum atomic E-state index is -0.443. The zero-order valence-corrected chi connectivity index (χ0v) is 7.55. The largest absolute Gasteiger partial charge is 0.127 e. The fourth-order valence-electron chi connectivity index (χ4n) is 1.52. The first-order chi connectivity index (χ1) is 3.94. The van der Waals surface area contributed by atoms with E-state index >= 15 is 0 Å². The fraction of sp³-hybridized carbons (Fsp3) is 1.00. The van der Waals surface area contributed by atoms with E-state index in [1.54, 1.807) is 0 Å². The quantitative estimate of drug-likeness (QED) is 0.526. The summed E-state index contributed by atoms with van der Waals surface area (Å²) in [6.45, 7) is 6.35. The van der Waals surface area contributed by atoms with Gasteiger partial charge in [-0.3, -0.25) is 0 Å². The maximum absolute atomic E-state index is 5.96. The fourth-order valence-corrected chi connectivity index (χ4v) is 2.53. The Labute approximate surface area is 66.5 Å². The van der Waals surface area contributed by atoms with Gasteiger partial charge >= 0.3 is 0 Å². The van der Waals surface area contributed by atoms with Gasteiger partial charge in [0.05, 0.1) is 0 Å². The van der Waals surface area contributed by atoms with Crippen LogP contribution in [0.3, 0.4) is 0 Å². The van der Waals surface area contributed by atoms with E-state index in [9.17, 15) is 0 Å². The van der Waals surface area contributed by atoms with Crippen LogP contribution in [0.4, 0.5) is 0 Å². The molecule has 0 spiro atoms. The molecule has 1 saturated carbocycles. The van der Waals surface area contributed by atoms with Crippen molar-refractivity contribution in [3.8, 4) is 0 Å². The summed E-state index contributed by atoms with van der Waals surface area (Å²) >= 11 is 11.9. The van der Waals surface area contributed by atoms with Crippen molar-refractivity contribution in [2.75, 3.05) is 0 Å². The molecular formula is C7H12Cl2. The standard InChI is InChI=1S/C7H12Cl2/c1-4-5-6(2,3)7(5,8)9/h5H,4H2,1-3H3. The number of alkyl halides is 2. The van der Waals surface area contributed by atoms with E-state index in [4.69, 9.17) is 23.2 Å². The van der Waals surface area contributed by atoms with Gasteiger partial charge in [-0.05, 0) is 6.42 Å². The molecular weight excluding hydrogens is 155 g/mol. The molecule has 0 aromatic carbocycles. The van der Waals surface area contributed by atoms with Crippen molar-refractivity contribution < 1.29 is 0 Å². The number of rotatable bonds is 1. The number of halogens is 2. The monoisotopic (exact) mass is 166 g/mol. The Morgan fingerprint density at radius 3 is 1.67 bits per heavy atom. The van der Waals surface area contributed by atoms with Gasteiger partial charge in [-0.15, -0.1) is 23.2 Å². The third-order valence-electron chi connectivity index (χ3n) is 2.49. The molecule has 0 heterocycles. The van der Waals surface area contributed by atoms with Crippen LogP contribution in [-0.4, -0.2) is 4.33 Å². The molecule has 1 aliphatic rings. The van der Waals surface area contributed by atoms with Gasteiger partial charge in [-0.25, -0.2) is 0 Å². The Morgan fingerprint density at radius 2 is 1.67 bits per heavy atom. The second kappa shape index (κ2) is 1.79. The summed E-state index contributed by atoms with van der Waals surface area (Å²) in [5.41, 5.74) is 0.144. The summed E-state index contributed by atoms with van der Waals surface area (Å²) in [5, 5.41) is 0. The second-order valence-corrected chi connectivity index (χ2v) is 4.69. The van der Waals surface area contributed by atoms with E-state index in [2.05, 4.69) is 20.8 Å². The van der Waals surface area contributed by atoms with Gasteiger partial charge in [-0.1, -0.05) is 20.8 Å². The van der Waals surface area contributed by atoms with Crippen molar-refractivity contribution in [2.45, 2.75) is 31.5 Å². The summed E-state index contributed by atoms with van der Waals surface area (Å²) in [6.07, 6.45) is 1.08. The van der Waals surface area contributed by atoms with Gasteiger partial charge in [0.2, 0.25) is 0 Å². The molecule has 1 rings (SSSR count). The molecule has 0 N–H and O–H groups in total. The Morgan fingerprint density at radius 1 is 1.33 bits per heavy atom. The molecule has 54 valence electrons. The van der Waals surface area contributed by atoms with Crippen LogP contribution in [0.25, 0.3) is 0 Å². The van der Waals surface area contributed by atoms with Gasteiger partial charge in [0.15, 0.2) is 0 Å². The first-order valence-electron chi connectivity index (χ1n) is 3.32. The van der Waals surface area contributed by atoms with Crippen molar-refractivity contribution in [3.63, 3.8) is 0 Å². The highest BCUT2D eigenvalue weighted by molar-refractivity contribution is 6.51. The molecule has 0 amide bonds. The summed E-state index contributed by atoms with van der Waals surface area (Å²) in [6, 6.07) is 0. The normalized spacial score (nSPS) is 36.3. The zero-order valence-electron chi connectivity index (χ0n) is 6.04. The first kappa shape index (κ1) is 7.68. The van der Waals surface area contributed by atoms with Crippen molar-refractivity contribution in [1.29, 1.82) is 0 Å². The lowest BCUT2D eigenvalue weighted by atomic mass is 10.1. The molecule has 0 bridgehead atoms. The topological polar surface area (TPSA) is 0 Å². The maximum Gasteiger partial charge on any atom is 0.127 e. The van der Waals surface area contributed by atoms with Crippen molar-refractivity contribution in [2.24, 2.45) is 11.3 Å². The lowest BCUT2D eigenvalue weighted by molar-refractivity contribution is 0.547. The van der Waals surface area contributed by atoms with E-state index in [1.165, 1.54) is 0 Å².